The summed E-state index contributed by atoms with van der Waals surface area (Å²) in [4.78, 5) is 12.0. The lowest BCUT2D eigenvalue weighted by Crippen LogP contribution is -2.22. The molecule has 0 saturated carbocycles. The number of rotatable bonds is 6. The van der Waals surface area contributed by atoms with Gasteiger partial charge in [-0.25, -0.2) is 4.39 Å². The van der Waals surface area contributed by atoms with Gasteiger partial charge >= 0.3 is 0 Å². The highest BCUT2D eigenvalue weighted by atomic mass is 19.1. The molecule has 0 aromatic heterocycles. The van der Waals surface area contributed by atoms with Crippen LogP contribution in [0.25, 0.3) is 0 Å². The number of methoxy groups -OCH3 is 1. The summed E-state index contributed by atoms with van der Waals surface area (Å²) in [5.41, 5.74) is 1.15. The van der Waals surface area contributed by atoms with Gasteiger partial charge in [0.15, 0.2) is 11.5 Å². The molecular formula is C18H20FNO3. The molecule has 0 aliphatic carbocycles. The van der Waals surface area contributed by atoms with Crippen molar-refractivity contribution in [3.05, 3.63) is 59.4 Å². The summed E-state index contributed by atoms with van der Waals surface area (Å²) >= 11 is 0. The Kier molecular flexibility index (Phi) is 5.57. The number of carbonyl (C=O) groups is 1. The first-order valence-electron chi connectivity index (χ1n) is 7.37. The molecule has 2 aromatic carbocycles. The number of halogens is 1. The zero-order valence-corrected chi connectivity index (χ0v) is 13.4. The fourth-order valence-corrected chi connectivity index (χ4v) is 2.09. The van der Waals surface area contributed by atoms with Crippen molar-refractivity contribution in [1.82, 2.24) is 5.32 Å². The van der Waals surface area contributed by atoms with Gasteiger partial charge in [0.05, 0.1) is 13.2 Å². The molecule has 0 aliphatic rings. The largest absolute Gasteiger partial charge is 0.493 e. The first kappa shape index (κ1) is 16.8. The topological polar surface area (TPSA) is 47.6 Å². The Bertz CT molecular complexity index is 686. The van der Waals surface area contributed by atoms with Crippen LogP contribution in [0.3, 0.4) is 0 Å². The van der Waals surface area contributed by atoms with Gasteiger partial charge in [-0.2, -0.15) is 0 Å². The molecule has 5 heteroatoms. The number of carbonyl (C=O) groups excluding carboxylic acids is 1. The average molecular weight is 317 g/mol. The van der Waals surface area contributed by atoms with Crippen molar-refractivity contribution < 1.29 is 18.7 Å². The molecule has 23 heavy (non-hydrogen) atoms. The summed E-state index contributed by atoms with van der Waals surface area (Å²) in [5.74, 6) is 0.499. The van der Waals surface area contributed by atoms with Crippen LogP contribution in [-0.2, 0) is 6.54 Å². The third-order valence-corrected chi connectivity index (χ3v) is 3.13. The Labute approximate surface area is 135 Å². The molecule has 0 fully saturated rings. The van der Waals surface area contributed by atoms with Crippen LogP contribution in [0.5, 0.6) is 11.5 Å². The van der Waals surface area contributed by atoms with Gasteiger partial charge in [-0.15, -0.1) is 0 Å². The number of ether oxygens (including phenoxy) is 2. The summed E-state index contributed by atoms with van der Waals surface area (Å²) in [6, 6.07) is 11.0. The van der Waals surface area contributed by atoms with Crippen molar-refractivity contribution in [1.29, 1.82) is 0 Å². The van der Waals surface area contributed by atoms with E-state index < -0.39 is 5.82 Å². The second-order valence-electron chi connectivity index (χ2n) is 5.34. The monoisotopic (exact) mass is 317 g/mol. The predicted octanol–water partition coefficient (Wildman–Crippen LogP) is 3.55. The number of benzene rings is 2. The van der Waals surface area contributed by atoms with E-state index in [-0.39, 0.29) is 17.6 Å². The van der Waals surface area contributed by atoms with Crippen molar-refractivity contribution >= 4 is 5.91 Å². The van der Waals surface area contributed by atoms with Gasteiger partial charge in [-0.3, -0.25) is 4.79 Å². The van der Waals surface area contributed by atoms with E-state index in [1.807, 2.05) is 32.0 Å². The third-order valence-electron chi connectivity index (χ3n) is 3.13. The van der Waals surface area contributed by atoms with Gasteiger partial charge < -0.3 is 14.8 Å². The van der Waals surface area contributed by atoms with E-state index in [0.717, 1.165) is 5.56 Å². The molecule has 1 amide bonds. The first-order valence-corrected chi connectivity index (χ1v) is 7.37. The molecule has 0 spiro atoms. The molecule has 4 nitrogen and oxygen atoms in total. The Hall–Kier alpha value is -2.56. The Morgan fingerprint density at radius 3 is 2.61 bits per heavy atom. The average Bonchev–Trinajstić information content (AvgIpc) is 2.53. The number of hydrogen-bond acceptors (Lipinski definition) is 3. The van der Waals surface area contributed by atoms with E-state index in [1.165, 1.54) is 18.2 Å². The maximum Gasteiger partial charge on any atom is 0.251 e. The maximum absolute atomic E-state index is 13.1. The standard InChI is InChI=1S/C18H20FNO3/c1-12(2)23-16-8-7-13(9-17(16)22-3)11-20-18(21)14-5-4-6-15(19)10-14/h4-10,12H,11H2,1-3H3,(H,20,21). The fourth-order valence-electron chi connectivity index (χ4n) is 2.09. The summed E-state index contributed by atoms with van der Waals surface area (Å²) in [7, 11) is 1.57. The predicted molar refractivity (Wildman–Crippen MR) is 86.3 cm³/mol. The van der Waals surface area contributed by atoms with Gasteiger partial charge in [0, 0.05) is 12.1 Å². The third kappa shape index (κ3) is 4.71. The lowest BCUT2D eigenvalue weighted by Gasteiger charge is -2.14. The molecule has 2 rings (SSSR count). The quantitative estimate of drug-likeness (QED) is 0.886. The van der Waals surface area contributed by atoms with Gasteiger partial charge in [-0.1, -0.05) is 12.1 Å². The van der Waals surface area contributed by atoms with Crippen LogP contribution >= 0.6 is 0 Å². The maximum atomic E-state index is 13.1. The lowest BCUT2D eigenvalue weighted by molar-refractivity contribution is 0.0950. The number of hydrogen-bond donors (Lipinski definition) is 1. The van der Waals surface area contributed by atoms with E-state index in [1.54, 1.807) is 13.2 Å². The molecule has 1 N–H and O–H groups in total. The Morgan fingerprint density at radius 2 is 1.96 bits per heavy atom. The van der Waals surface area contributed by atoms with Crippen molar-refractivity contribution in [3.8, 4) is 11.5 Å². The Balaban J connectivity index is 2.04. The minimum absolute atomic E-state index is 0.0439. The van der Waals surface area contributed by atoms with Gasteiger partial charge in [0.2, 0.25) is 0 Å². The number of amides is 1. The van der Waals surface area contributed by atoms with Crippen LogP contribution < -0.4 is 14.8 Å². The van der Waals surface area contributed by atoms with Crippen molar-refractivity contribution in [3.63, 3.8) is 0 Å². The SMILES string of the molecule is COc1cc(CNC(=O)c2cccc(F)c2)ccc1OC(C)C. The second kappa shape index (κ2) is 7.63. The molecule has 122 valence electrons. The van der Waals surface area contributed by atoms with Crippen molar-refractivity contribution in [2.75, 3.05) is 7.11 Å². The Morgan fingerprint density at radius 1 is 1.17 bits per heavy atom. The highest BCUT2D eigenvalue weighted by molar-refractivity contribution is 5.94. The second-order valence-corrected chi connectivity index (χ2v) is 5.34. The summed E-state index contributed by atoms with van der Waals surface area (Å²) in [6.45, 7) is 4.19. The molecule has 0 aliphatic heterocycles. The van der Waals surface area contributed by atoms with Crippen molar-refractivity contribution in [2.45, 2.75) is 26.5 Å². The first-order chi connectivity index (χ1) is 11.0. The molecule has 0 heterocycles. The highest BCUT2D eigenvalue weighted by Gasteiger charge is 2.09. The zero-order chi connectivity index (χ0) is 16.8. The molecule has 0 saturated heterocycles. The summed E-state index contributed by atoms with van der Waals surface area (Å²) < 4.78 is 24.1. The van der Waals surface area contributed by atoms with Gasteiger partial charge in [0.25, 0.3) is 5.91 Å². The lowest BCUT2D eigenvalue weighted by atomic mass is 10.1. The van der Waals surface area contributed by atoms with Crippen LogP contribution in [0, 0.1) is 5.82 Å². The van der Waals surface area contributed by atoms with Crippen LogP contribution in [0.1, 0.15) is 29.8 Å². The fraction of sp³-hybridized carbons (Fsp3) is 0.278. The van der Waals surface area contributed by atoms with Crippen LogP contribution in [0.15, 0.2) is 42.5 Å². The minimum Gasteiger partial charge on any atom is -0.493 e. The van der Waals surface area contributed by atoms with Crippen LogP contribution in [0.4, 0.5) is 4.39 Å². The molecular weight excluding hydrogens is 297 g/mol. The van der Waals surface area contributed by atoms with E-state index >= 15 is 0 Å². The molecule has 0 radical (unpaired) electrons. The number of nitrogens with one attached hydrogen (secondary N) is 1. The minimum atomic E-state index is -0.436. The zero-order valence-electron chi connectivity index (χ0n) is 13.4. The molecule has 0 atom stereocenters. The van der Waals surface area contributed by atoms with Gasteiger partial charge in [-0.05, 0) is 49.7 Å². The van der Waals surface area contributed by atoms with Crippen LogP contribution in [0.2, 0.25) is 0 Å². The summed E-state index contributed by atoms with van der Waals surface area (Å²) in [5, 5.41) is 2.75. The van der Waals surface area contributed by atoms with E-state index in [2.05, 4.69) is 5.32 Å². The van der Waals surface area contributed by atoms with Gasteiger partial charge in [0.1, 0.15) is 5.82 Å². The van der Waals surface area contributed by atoms with E-state index in [0.29, 0.717) is 18.0 Å². The summed E-state index contributed by atoms with van der Waals surface area (Å²) in [6.07, 6.45) is 0.0439. The van der Waals surface area contributed by atoms with Crippen molar-refractivity contribution in [2.24, 2.45) is 0 Å². The molecule has 2 aromatic rings. The highest BCUT2D eigenvalue weighted by Crippen LogP contribution is 2.28. The smallest absolute Gasteiger partial charge is 0.251 e. The molecule has 0 unspecified atom stereocenters. The van der Waals surface area contributed by atoms with E-state index in [4.69, 9.17) is 9.47 Å². The van der Waals surface area contributed by atoms with E-state index in [9.17, 15) is 9.18 Å². The normalized spacial score (nSPS) is 10.5. The van der Waals surface area contributed by atoms with Crippen LogP contribution in [-0.4, -0.2) is 19.1 Å². The molecule has 0 bridgehead atoms.